The molecule has 0 unspecified atom stereocenters. The molecule has 7 heavy (non-hydrogen) atoms. The van der Waals surface area contributed by atoms with E-state index in [1.54, 1.807) is 0 Å². The van der Waals surface area contributed by atoms with Crippen LogP contribution in [0, 0.1) is 3.70 Å². The summed E-state index contributed by atoms with van der Waals surface area (Å²) in [6.45, 7) is 0. The van der Waals surface area contributed by atoms with Gasteiger partial charge < -0.3 is 4.42 Å². The van der Waals surface area contributed by atoms with Gasteiger partial charge >= 0.3 is 5.76 Å². The van der Waals surface area contributed by atoms with E-state index < -0.39 is 5.76 Å². The SMILES string of the molecule is O=c1[nH]c(I)co1. The minimum atomic E-state index is -0.399. The fraction of sp³-hybridized carbons (Fsp3) is 0. The van der Waals surface area contributed by atoms with Gasteiger partial charge in [-0.05, 0) is 22.6 Å². The largest absolute Gasteiger partial charge is 0.417 e. The molecule has 3 nitrogen and oxygen atoms in total. The highest BCUT2D eigenvalue weighted by Crippen LogP contribution is 1.92. The van der Waals surface area contributed by atoms with Crippen LogP contribution >= 0.6 is 22.6 Å². The Labute approximate surface area is 52.9 Å². The zero-order valence-electron chi connectivity index (χ0n) is 3.27. The highest BCUT2D eigenvalue weighted by molar-refractivity contribution is 14.1. The Hall–Kier alpha value is -0.260. The molecule has 0 atom stereocenters. The number of hydrogen-bond donors (Lipinski definition) is 1. The van der Waals surface area contributed by atoms with Gasteiger partial charge in [-0.2, -0.15) is 0 Å². The molecule has 1 aromatic heterocycles. The summed E-state index contributed by atoms with van der Waals surface area (Å²) < 4.78 is 5.07. The highest BCUT2D eigenvalue weighted by atomic mass is 127. The Balaban J connectivity index is 3.30. The van der Waals surface area contributed by atoms with Gasteiger partial charge in [0.2, 0.25) is 0 Å². The van der Waals surface area contributed by atoms with Gasteiger partial charge in [0, 0.05) is 0 Å². The Morgan fingerprint density at radius 1 is 1.86 bits per heavy atom. The predicted molar refractivity (Wildman–Crippen MR) is 32.0 cm³/mol. The highest BCUT2D eigenvalue weighted by Gasteiger charge is 1.86. The van der Waals surface area contributed by atoms with Crippen LogP contribution < -0.4 is 5.76 Å². The van der Waals surface area contributed by atoms with E-state index in [0.29, 0.717) is 0 Å². The molecular formula is C3H2INO2. The fourth-order valence-electron chi connectivity index (χ4n) is 0.262. The first kappa shape index (κ1) is 4.89. The molecule has 1 heterocycles. The molecule has 38 valence electrons. The van der Waals surface area contributed by atoms with Gasteiger partial charge in [0.25, 0.3) is 0 Å². The molecule has 1 aromatic rings. The standard InChI is InChI=1S/C3H2INO2/c4-2-1-7-3(6)5-2/h1H,(H,5,6). The normalized spacial score (nSPS) is 9.29. The molecule has 0 saturated heterocycles. The molecule has 4 heteroatoms. The van der Waals surface area contributed by atoms with Gasteiger partial charge in [-0.15, -0.1) is 0 Å². The summed E-state index contributed by atoms with van der Waals surface area (Å²) in [4.78, 5) is 12.5. The lowest BCUT2D eigenvalue weighted by atomic mass is 11.0. The molecule has 0 aliphatic carbocycles. The van der Waals surface area contributed by atoms with Crippen molar-refractivity contribution in [1.82, 2.24) is 4.98 Å². The molecule has 0 aromatic carbocycles. The Morgan fingerprint density at radius 3 is 2.71 bits per heavy atom. The second kappa shape index (κ2) is 1.69. The minimum Gasteiger partial charge on any atom is -0.415 e. The Morgan fingerprint density at radius 2 is 2.57 bits per heavy atom. The van der Waals surface area contributed by atoms with Crippen LogP contribution in [-0.4, -0.2) is 4.98 Å². The molecule has 0 spiro atoms. The second-order valence-corrected chi connectivity index (χ2v) is 2.16. The number of hydrogen-bond acceptors (Lipinski definition) is 2. The zero-order chi connectivity index (χ0) is 5.28. The number of halogens is 1. The minimum absolute atomic E-state index is 0.399. The molecule has 0 radical (unpaired) electrons. The summed E-state index contributed by atoms with van der Waals surface area (Å²) in [7, 11) is 0. The average Bonchev–Trinajstić information content (AvgIpc) is 1.87. The summed E-state index contributed by atoms with van der Waals surface area (Å²) >= 11 is 1.95. The van der Waals surface area contributed by atoms with Gasteiger partial charge in [-0.1, -0.05) is 0 Å². The summed E-state index contributed by atoms with van der Waals surface area (Å²) in [5, 5.41) is 0. The molecular weight excluding hydrogens is 209 g/mol. The molecule has 1 rings (SSSR count). The maximum Gasteiger partial charge on any atom is 0.417 e. The van der Waals surface area contributed by atoms with Crippen LogP contribution in [0.4, 0.5) is 0 Å². The number of nitrogens with one attached hydrogen (secondary N) is 1. The van der Waals surface area contributed by atoms with Crippen molar-refractivity contribution in [2.24, 2.45) is 0 Å². The van der Waals surface area contributed by atoms with Crippen molar-refractivity contribution in [1.29, 1.82) is 0 Å². The first-order chi connectivity index (χ1) is 3.29. The quantitative estimate of drug-likeness (QED) is 0.637. The van der Waals surface area contributed by atoms with Crippen molar-refractivity contribution in [3.05, 3.63) is 20.5 Å². The molecule has 0 fully saturated rings. The van der Waals surface area contributed by atoms with Crippen molar-refractivity contribution >= 4 is 22.6 Å². The zero-order valence-corrected chi connectivity index (χ0v) is 5.43. The molecule has 1 N–H and O–H groups in total. The lowest BCUT2D eigenvalue weighted by Gasteiger charge is -1.61. The third kappa shape index (κ3) is 1.05. The lowest BCUT2D eigenvalue weighted by molar-refractivity contribution is 0.515. The Kier molecular flexibility index (Phi) is 1.18. The molecule has 0 bridgehead atoms. The summed E-state index contributed by atoms with van der Waals surface area (Å²) in [5.41, 5.74) is 0. The summed E-state index contributed by atoms with van der Waals surface area (Å²) in [5.74, 6) is -0.399. The second-order valence-electron chi connectivity index (χ2n) is 0.996. The number of oxazole rings is 1. The van der Waals surface area contributed by atoms with E-state index in [1.807, 2.05) is 22.6 Å². The van der Waals surface area contributed by atoms with Crippen molar-refractivity contribution in [2.75, 3.05) is 0 Å². The van der Waals surface area contributed by atoms with Crippen molar-refractivity contribution in [3.63, 3.8) is 0 Å². The van der Waals surface area contributed by atoms with Crippen molar-refractivity contribution in [2.45, 2.75) is 0 Å². The van der Waals surface area contributed by atoms with E-state index in [4.69, 9.17) is 0 Å². The van der Waals surface area contributed by atoms with Crippen LogP contribution in [0.5, 0.6) is 0 Å². The van der Waals surface area contributed by atoms with Gasteiger partial charge in [0.15, 0.2) is 0 Å². The van der Waals surface area contributed by atoms with E-state index in [0.717, 1.165) is 3.70 Å². The van der Waals surface area contributed by atoms with E-state index in [1.165, 1.54) is 6.26 Å². The lowest BCUT2D eigenvalue weighted by Crippen LogP contribution is -1.93. The maximum absolute atomic E-state index is 10.1. The van der Waals surface area contributed by atoms with Gasteiger partial charge in [0.05, 0.1) is 0 Å². The van der Waals surface area contributed by atoms with Crippen molar-refractivity contribution in [3.8, 4) is 0 Å². The number of aromatic amines is 1. The van der Waals surface area contributed by atoms with Crippen LogP contribution in [0.1, 0.15) is 0 Å². The van der Waals surface area contributed by atoms with Crippen LogP contribution in [-0.2, 0) is 0 Å². The predicted octanol–water partition coefficient (Wildman–Crippen LogP) is 0.573. The maximum atomic E-state index is 10.1. The monoisotopic (exact) mass is 211 g/mol. The molecule has 0 amide bonds. The smallest absolute Gasteiger partial charge is 0.415 e. The van der Waals surface area contributed by atoms with Gasteiger partial charge in [-0.3, -0.25) is 4.98 Å². The number of aromatic nitrogens is 1. The third-order valence-corrected chi connectivity index (χ3v) is 1.01. The molecule has 0 aliphatic rings. The van der Waals surface area contributed by atoms with Crippen LogP contribution in [0.15, 0.2) is 15.5 Å². The molecule has 0 aliphatic heterocycles. The summed E-state index contributed by atoms with van der Waals surface area (Å²) in [6, 6.07) is 0. The van der Waals surface area contributed by atoms with E-state index in [9.17, 15) is 4.79 Å². The van der Waals surface area contributed by atoms with Gasteiger partial charge in [-0.25, -0.2) is 4.79 Å². The molecule has 0 saturated carbocycles. The first-order valence-corrected chi connectivity index (χ1v) is 2.70. The van der Waals surface area contributed by atoms with Crippen LogP contribution in [0.3, 0.4) is 0 Å². The summed E-state index contributed by atoms with van der Waals surface area (Å²) in [6.07, 6.45) is 1.36. The third-order valence-electron chi connectivity index (χ3n) is 0.491. The number of H-pyrrole nitrogens is 1. The number of rotatable bonds is 0. The van der Waals surface area contributed by atoms with E-state index >= 15 is 0 Å². The van der Waals surface area contributed by atoms with Crippen LogP contribution in [0.25, 0.3) is 0 Å². The fourth-order valence-corrected chi connectivity index (χ4v) is 0.609. The van der Waals surface area contributed by atoms with Crippen LogP contribution in [0.2, 0.25) is 0 Å². The topological polar surface area (TPSA) is 46.0 Å². The van der Waals surface area contributed by atoms with Crippen molar-refractivity contribution < 1.29 is 4.42 Å². The van der Waals surface area contributed by atoms with Gasteiger partial charge in [0.1, 0.15) is 9.96 Å². The van der Waals surface area contributed by atoms with E-state index in [2.05, 4.69) is 9.40 Å². The first-order valence-electron chi connectivity index (χ1n) is 1.62. The average molecular weight is 211 g/mol. The van der Waals surface area contributed by atoms with E-state index in [-0.39, 0.29) is 0 Å². The Bertz CT molecular complexity index is 201.